The number of hydrogen-bond acceptors (Lipinski definition) is 1. The van der Waals surface area contributed by atoms with Crippen molar-refractivity contribution in [1.82, 2.24) is 0 Å². The Bertz CT molecular complexity index is 61.8. The zero-order valence-corrected chi connectivity index (χ0v) is 3.33. The molecule has 0 saturated heterocycles. The molecule has 0 aromatic heterocycles. The molecule has 0 radical (unpaired) electrons. The fourth-order valence-corrected chi connectivity index (χ4v) is 0. The number of rotatable bonds is 1. The molecule has 0 amide bonds. The average Bonchev–Trinajstić information content (AvgIpc) is 1.38. The zero-order valence-electron chi connectivity index (χ0n) is 3.57. The third-order valence-electron chi connectivity index (χ3n) is 0.160. The maximum Gasteiger partial charge on any atom is 1.00 e. The minimum atomic E-state index is -0.509. The van der Waals surface area contributed by atoms with Crippen LogP contribution >= 0.6 is 11.6 Å². The Morgan fingerprint density at radius 2 is 2.40 bits per heavy atom. The van der Waals surface area contributed by atoms with E-state index in [1.165, 1.54) is 0 Å². The molecule has 28 valence electrons. The van der Waals surface area contributed by atoms with Gasteiger partial charge in [0.25, 0.3) is 0 Å². The average molecular weight is 91.5 g/mol. The second kappa shape index (κ2) is 1.97. The van der Waals surface area contributed by atoms with Gasteiger partial charge in [-0.1, -0.05) is 6.58 Å². The first-order chi connectivity index (χ1) is 2.27. The minimum Gasteiger partial charge on any atom is -0.276 e. The van der Waals surface area contributed by atoms with Gasteiger partial charge >= 0.3 is 1.43 Å². The molecular formula is C3H4ClO+. The van der Waals surface area contributed by atoms with Gasteiger partial charge in [-0.15, -0.1) is 0 Å². The number of halogens is 1. The van der Waals surface area contributed by atoms with Gasteiger partial charge in [0, 0.05) is 0 Å². The van der Waals surface area contributed by atoms with E-state index in [9.17, 15) is 4.79 Å². The van der Waals surface area contributed by atoms with Gasteiger partial charge in [-0.2, -0.15) is 0 Å². The first-order valence-corrected chi connectivity index (χ1v) is 1.47. The normalized spacial score (nSPS) is 6.60. The molecule has 0 spiro atoms. The fraction of sp³-hybridized carbons (Fsp3) is 0. The lowest BCUT2D eigenvalue weighted by molar-refractivity contribution is -0.107. The topological polar surface area (TPSA) is 17.1 Å². The molecule has 0 atom stereocenters. The van der Waals surface area contributed by atoms with E-state index in [0.717, 1.165) is 6.08 Å². The Hall–Kier alpha value is -0.300. The van der Waals surface area contributed by atoms with Gasteiger partial charge in [0.05, 0.1) is 0 Å². The molecule has 0 saturated carbocycles. The van der Waals surface area contributed by atoms with Crippen LogP contribution < -0.4 is 0 Å². The van der Waals surface area contributed by atoms with E-state index >= 15 is 0 Å². The lowest BCUT2D eigenvalue weighted by Gasteiger charge is -1.59. The molecule has 0 aromatic rings. The Labute approximate surface area is 36.7 Å². The molecule has 0 aromatic carbocycles. The Morgan fingerprint density at radius 1 is 2.20 bits per heavy atom. The van der Waals surface area contributed by atoms with Gasteiger partial charge in [-0.05, 0) is 17.7 Å². The van der Waals surface area contributed by atoms with Crippen LogP contribution in [0.15, 0.2) is 12.7 Å². The van der Waals surface area contributed by atoms with Crippen molar-refractivity contribution in [3.63, 3.8) is 0 Å². The summed E-state index contributed by atoms with van der Waals surface area (Å²) in [5.74, 6) is 0. The lowest BCUT2D eigenvalue weighted by Crippen LogP contribution is -1.67. The molecule has 5 heavy (non-hydrogen) atoms. The van der Waals surface area contributed by atoms with Crippen molar-refractivity contribution in [2.24, 2.45) is 0 Å². The predicted molar refractivity (Wildman–Crippen MR) is 22.2 cm³/mol. The molecule has 2 heteroatoms. The van der Waals surface area contributed by atoms with E-state index in [-0.39, 0.29) is 1.43 Å². The van der Waals surface area contributed by atoms with E-state index in [2.05, 4.69) is 6.58 Å². The third kappa shape index (κ3) is 3.70. The maximum absolute atomic E-state index is 9.46. The monoisotopic (exact) mass is 91.0 g/mol. The summed E-state index contributed by atoms with van der Waals surface area (Å²) in [5.41, 5.74) is 0. The molecule has 0 rings (SSSR count). The molecule has 0 heterocycles. The fourth-order valence-electron chi connectivity index (χ4n) is 0. The summed E-state index contributed by atoms with van der Waals surface area (Å²) >= 11 is 4.71. The second-order valence-corrected chi connectivity index (χ2v) is 0.881. The quantitative estimate of drug-likeness (QED) is 0.348. The van der Waals surface area contributed by atoms with Gasteiger partial charge in [0.15, 0.2) is 0 Å². The van der Waals surface area contributed by atoms with E-state index in [1.807, 2.05) is 0 Å². The smallest absolute Gasteiger partial charge is 0.276 e. The highest BCUT2D eigenvalue weighted by atomic mass is 35.5. The molecule has 0 aliphatic heterocycles. The van der Waals surface area contributed by atoms with Gasteiger partial charge < -0.3 is 0 Å². The maximum atomic E-state index is 9.46. The first-order valence-electron chi connectivity index (χ1n) is 1.09. The Morgan fingerprint density at radius 3 is 2.40 bits per heavy atom. The van der Waals surface area contributed by atoms with Crippen LogP contribution in [0.4, 0.5) is 0 Å². The second-order valence-electron chi connectivity index (χ2n) is 0.508. The molecule has 0 bridgehead atoms. The van der Waals surface area contributed by atoms with Crippen molar-refractivity contribution in [2.45, 2.75) is 0 Å². The van der Waals surface area contributed by atoms with Gasteiger partial charge in [-0.25, -0.2) is 0 Å². The van der Waals surface area contributed by atoms with Crippen molar-refractivity contribution in [2.75, 3.05) is 0 Å². The molecule has 0 fully saturated rings. The lowest BCUT2D eigenvalue weighted by atomic mass is 10.7. The molecule has 1 nitrogen and oxygen atoms in total. The standard InChI is InChI=1S/C3H3ClO/c1-2-3(4)5/h2H,1H2/p+1. The number of hydrogen-bond donors (Lipinski definition) is 0. The molecule has 0 aliphatic carbocycles. The summed E-state index contributed by atoms with van der Waals surface area (Å²) in [6, 6.07) is 0. The summed E-state index contributed by atoms with van der Waals surface area (Å²) in [4.78, 5) is 9.46. The van der Waals surface area contributed by atoms with Crippen LogP contribution in [0.3, 0.4) is 0 Å². The highest BCUT2D eigenvalue weighted by Crippen LogP contribution is 1.74. The number of carbonyl (C=O) groups is 1. The minimum absolute atomic E-state index is 0. The van der Waals surface area contributed by atoms with Crippen LogP contribution in [0.2, 0.25) is 0 Å². The third-order valence-corrected chi connectivity index (χ3v) is 0.315. The van der Waals surface area contributed by atoms with Crippen molar-refractivity contribution in [3.05, 3.63) is 12.7 Å². The summed E-state index contributed by atoms with van der Waals surface area (Å²) < 4.78 is 0. The van der Waals surface area contributed by atoms with E-state index in [1.54, 1.807) is 0 Å². The van der Waals surface area contributed by atoms with Crippen molar-refractivity contribution < 1.29 is 6.22 Å². The summed E-state index contributed by atoms with van der Waals surface area (Å²) in [7, 11) is 0. The number of carbonyl (C=O) groups excluding carboxylic acids is 1. The van der Waals surface area contributed by atoms with Gasteiger partial charge in [0.1, 0.15) is 0 Å². The highest BCUT2D eigenvalue weighted by molar-refractivity contribution is 6.66. The zero-order chi connectivity index (χ0) is 4.28. The molecule has 0 unspecified atom stereocenters. The molecular weight excluding hydrogens is 87.5 g/mol. The summed E-state index contributed by atoms with van der Waals surface area (Å²) in [6.45, 7) is 3.08. The van der Waals surface area contributed by atoms with Gasteiger partial charge in [-0.3, -0.25) is 4.79 Å². The number of allylic oxidation sites excluding steroid dienone is 1. The van der Waals surface area contributed by atoms with Gasteiger partial charge in [0.2, 0.25) is 5.24 Å². The van der Waals surface area contributed by atoms with Crippen LogP contribution in [0.1, 0.15) is 1.43 Å². The van der Waals surface area contributed by atoms with Crippen LogP contribution in [-0.4, -0.2) is 5.24 Å². The largest absolute Gasteiger partial charge is 1.00 e. The van der Waals surface area contributed by atoms with E-state index in [4.69, 9.17) is 11.6 Å². The molecule has 0 aliphatic rings. The van der Waals surface area contributed by atoms with Crippen molar-refractivity contribution >= 4 is 16.8 Å². The van der Waals surface area contributed by atoms with Crippen LogP contribution in [-0.2, 0) is 4.79 Å². The summed E-state index contributed by atoms with van der Waals surface area (Å²) in [6.07, 6.45) is 1.04. The van der Waals surface area contributed by atoms with Crippen LogP contribution in [0, 0.1) is 0 Å². The van der Waals surface area contributed by atoms with E-state index < -0.39 is 5.24 Å². The van der Waals surface area contributed by atoms with Crippen molar-refractivity contribution in [3.8, 4) is 0 Å². The highest BCUT2D eigenvalue weighted by Gasteiger charge is 1.74. The van der Waals surface area contributed by atoms with E-state index in [0.29, 0.717) is 0 Å². The molecule has 0 N–H and O–H groups in total. The Kier molecular flexibility index (Phi) is 1.85. The first kappa shape index (κ1) is 4.70. The van der Waals surface area contributed by atoms with Crippen LogP contribution in [0.25, 0.3) is 0 Å². The summed E-state index contributed by atoms with van der Waals surface area (Å²) in [5, 5.41) is -0.509. The Balaban J connectivity index is 0. The van der Waals surface area contributed by atoms with Crippen LogP contribution in [0.5, 0.6) is 0 Å². The predicted octanol–water partition coefficient (Wildman–Crippen LogP) is 1.05. The van der Waals surface area contributed by atoms with Crippen molar-refractivity contribution in [1.29, 1.82) is 0 Å². The SMILES string of the molecule is C=CC(=O)Cl.[H+].